The zero-order chi connectivity index (χ0) is 38.7. The van der Waals surface area contributed by atoms with Gasteiger partial charge in [-0.25, -0.2) is 15.0 Å². The highest BCUT2D eigenvalue weighted by molar-refractivity contribution is 7.02. The monoisotopic (exact) mass is 747 g/mol. The van der Waals surface area contributed by atoms with Crippen molar-refractivity contribution in [3.8, 4) is 52.0 Å². The van der Waals surface area contributed by atoms with Crippen molar-refractivity contribution in [3.05, 3.63) is 175 Å². The van der Waals surface area contributed by atoms with Crippen molar-refractivity contribution in [2.24, 2.45) is 0 Å². The first-order valence-electron chi connectivity index (χ1n) is 18.8. The van der Waals surface area contributed by atoms with Crippen LogP contribution in [-0.4, -0.2) is 27.6 Å². The predicted molar refractivity (Wildman–Crippen MR) is 231 cm³/mol. The summed E-state index contributed by atoms with van der Waals surface area (Å²) >= 11 is 0. The van der Waals surface area contributed by atoms with Gasteiger partial charge in [-0.2, -0.15) is 10.5 Å². The van der Waals surface area contributed by atoms with Gasteiger partial charge in [0.05, 0.1) is 27.8 Å². The minimum Gasteiger partial charge on any atom is -0.311 e. The van der Waals surface area contributed by atoms with E-state index in [0.29, 0.717) is 39.9 Å². The average Bonchev–Trinajstić information content (AvgIpc) is 3.59. The summed E-state index contributed by atoms with van der Waals surface area (Å²) < 4.78 is 2.11. The molecule has 268 valence electrons. The van der Waals surface area contributed by atoms with Gasteiger partial charge in [-0.1, -0.05) is 128 Å². The van der Waals surface area contributed by atoms with E-state index in [1.807, 2.05) is 78.9 Å². The molecule has 3 heterocycles. The van der Waals surface area contributed by atoms with Crippen LogP contribution in [0.5, 0.6) is 0 Å². The average molecular weight is 748 g/mol. The van der Waals surface area contributed by atoms with Gasteiger partial charge in [-0.05, 0) is 58.9 Å². The van der Waals surface area contributed by atoms with Crippen LogP contribution in [0.3, 0.4) is 0 Å². The van der Waals surface area contributed by atoms with E-state index in [-0.39, 0.29) is 0 Å². The summed E-state index contributed by atoms with van der Waals surface area (Å²) in [5.41, 5.74) is 8.78. The zero-order valence-electron chi connectivity index (χ0n) is 31.2. The van der Waals surface area contributed by atoms with E-state index in [1.54, 1.807) is 12.1 Å². The Balaban J connectivity index is 1.23. The summed E-state index contributed by atoms with van der Waals surface area (Å²) in [7, 11) is -2.27. The second kappa shape index (κ2) is 13.3. The van der Waals surface area contributed by atoms with Gasteiger partial charge in [0.1, 0.15) is 20.2 Å². The molecule has 0 spiro atoms. The number of hydrogen-bond acceptors (Lipinski definition) is 6. The molecule has 9 aromatic rings. The molecule has 1 aliphatic rings. The molecule has 0 saturated heterocycles. The highest BCUT2D eigenvalue weighted by atomic mass is 28.3. The Hall–Kier alpha value is -7.65. The molecule has 0 saturated carbocycles. The second-order valence-electron chi connectivity index (χ2n) is 14.7. The fourth-order valence-corrected chi connectivity index (χ4v) is 11.3. The maximum absolute atomic E-state index is 10.9. The Labute approximate surface area is 331 Å². The summed E-state index contributed by atoms with van der Waals surface area (Å²) in [4.78, 5) is 17.0. The molecule has 7 aromatic carbocycles. The van der Waals surface area contributed by atoms with E-state index in [9.17, 15) is 10.5 Å². The van der Waals surface area contributed by atoms with Crippen molar-refractivity contribution in [2.45, 2.75) is 13.1 Å². The van der Waals surface area contributed by atoms with E-state index in [1.165, 1.54) is 16.1 Å². The lowest BCUT2D eigenvalue weighted by Gasteiger charge is -2.41. The molecule has 0 atom stereocenters. The number of para-hydroxylation sites is 3. The molecule has 0 unspecified atom stereocenters. The Morgan fingerprint density at radius 2 is 1.00 bits per heavy atom. The number of fused-ring (bicyclic) bond motifs is 5. The highest BCUT2D eigenvalue weighted by Crippen LogP contribution is 2.43. The van der Waals surface area contributed by atoms with Gasteiger partial charge >= 0.3 is 0 Å². The number of hydrogen-bond donors (Lipinski definition) is 0. The molecule has 0 fully saturated rings. The van der Waals surface area contributed by atoms with Gasteiger partial charge in [-0.3, -0.25) is 0 Å². The molecule has 1 aliphatic heterocycles. The van der Waals surface area contributed by atoms with Crippen LogP contribution in [0.2, 0.25) is 13.1 Å². The molecule has 0 radical (unpaired) electrons. The van der Waals surface area contributed by atoms with E-state index in [2.05, 4.69) is 107 Å². The van der Waals surface area contributed by atoms with E-state index < -0.39 is 8.07 Å². The van der Waals surface area contributed by atoms with Crippen LogP contribution in [-0.2, 0) is 0 Å². The van der Waals surface area contributed by atoms with Crippen LogP contribution < -0.4 is 15.3 Å². The van der Waals surface area contributed by atoms with E-state index >= 15 is 0 Å². The standard InChI is InChI=1S/C49H33N7Si/c1-57(2)44-25-15-14-24-41(44)55(37-20-10-5-11-21-37)43-28-39-38-22-12-13-23-40(38)56(42(39)29-45(43)57)46-35(30-50)26-34(27-36(46)31-51)49-53-47(32-16-6-3-7-17-32)52-48(54-49)33-18-8-4-9-19-33/h3-29H,1-2H3. The van der Waals surface area contributed by atoms with Crippen molar-refractivity contribution in [3.63, 3.8) is 0 Å². The lowest BCUT2D eigenvalue weighted by molar-refractivity contribution is 1.07. The van der Waals surface area contributed by atoms with Gasteiger partial charge < -0.3 is 9.47 Å². The molecule has 2 aromatic heterocycles. The van der Waals surface area contributed by atoms with Crippen LogP contribution in [0.4, 0.5) is 17.1 Å². The Kier molecular flexibility index (Phi) is 7.89. The predicted octanol–water partition coefficient (Wildman–Crippen LogP) is 10.3. The van der Waals surface area contributed by atoms with Crippen LogP contribution in [0, 0.1) is 22.7 Å². The molecule has 0 aliphatic carbocycles. The topological polar surface area (TPSA) is 94.4 Å². The third kappa shape index (κ3) is 5.43. The van der Waals surface area contributed by atoms with Crippen LogP contribution in [0.15, 0.2) is 164 Å². The summed E-state index contributed by atoms with van der Waals surface area (Å²) in [6.07, 6.45) is 0. The first-order valence-corrected chi connectivity index (χ1v) is 21.8. The van der Waals surface area contributed by atoms with Crippen LogP contribution in [0.25, 0.3) is 61.7 Å². The quantitative estimate of drug-likeness (QED) is 0.163. The van der Waals surface area contributed by atoms with Gasteiger partial charge in [-0.15, -0.1) is 0 Å². The summed E-state index contributed by atoms with van der Waals surface area (Å²) in [6.45, 7) is 4.81. The molecular formula is C49H33N7Si. The Morgan fingerprint density at radius 3 is 1.61 bits per heavy atom. The molecule has 10 rings (SSSR count). The fourth-order valence-electron chi connectivity index (χ4n) is 8.37. The minimum atomic E-state index is -2.27. The van der Waals surface area contributed by atoms with Gasteiger partial charge in [0.15, 0.2) is 17.5 Å². The van der Waals surface area contributed by atoms with Crippen LogP contribution in [0.1, 0.15) is 11.1 Å². The number of aromatic nitrogens is 4. The Morgan fingerprint density at radius 1 is 0.474 bits per heavy atom. The lowest BCUT2D eigenvalue weighted by atomic mass is 10.0. The van der Waals surface area contributed by atoms with Crippen LogP contribution >= 0.6 is 0 Å². The maximum atomic E-state index is 10.9. The second-order valence-corrected chi connectivity index (χ2v) is 19.1. The molecular weight excluding hydrogens is 715 g/mol. The fraction of sp³-hybridized carbons (Fsp3) is 0.0408. The lowest BCUT2D eigenvalue weighted by Crippen LogP contribution is -2.58. The molecule has 8 heteroatoms. The summed E-state index contributed by atoms with van der Waals surface area (Å²) in [6, 6.07) is 60.2. The Bertz CT molecular complexity index is 3030. The SMILES string of the molecule is C[Si]1(C)c2ccccc2N(c2ccccc2)c2cc3c4ccccc4n(-c4c(C#N)cc(-c5nc(-c6ccccc6)nc(-c6ccccc6)n5)cc4C#N)c3cc21. The molecule has 0 bridgehead atoms. The zero-order valence-corrected chi connectivity index (χ0v) is 32.2. The first kappa shape index (κ1) is 33.9. The largest absolute Gasteiger partial charge is 0.311 e. The minimum absolute atomic E-state index is 0.347. The number of nitrogens with zero attached hydrogens (tertiary/aromatic N) is 7. The van der Waals surface area contributed by atoms with E-state index in [0.717, 1.165) is 44.3 Å². The van der Waals surface area contributed by atoms with Crippen molar-refractivity contribution in [1.82, 2.24) is 19.5 Å². The van der Waals surface area contributed by atoms with Gasteiger partial charge in [0.25, 0.3) is 0 Å². The smallest absolute Gasteiger partial charge is 0.164 e. The van der Waals surface area contributed by atoms with Crippen molar-refractivity contribution < 1.29 is 0 Å². The van der Waals surface area contributed by atoms with Crippen molar-refractivity contribution in [1.29, 1.82) is 10.5 Å². The third-order valence-corrected chi connectivity index (χ3v) is 14.6. The third-order valence-electron chi connectivity index (χ3n) is 11.1. The number of benzene rings is 7. The molecule has 7 nitrogen and oxygen atoms in total. The molecule has 0 amide bonds. The maximum Gasteiger partial charge on any atom is 0.164 e. The number of nitriles is 2. The number of rotatable bonds is 5. The first-order chi connectivity index (χ1) is 27.9. The summed E-state index contributed by atoms with van der Waals surface area (Å²) in [5.74, 6) is 1.39. The number of anilines is 3. The molecule has 0 N–H and O–H groups in total. The molecule has 57 heavy (non-hydrogen) atoms. The highest BCUT2D eigenvalue weighted by Gasteiger charge is 2.39. The summed E-state index contributed by atoms with van der Waals surface area (Å²) in [5, 5.41) is 26.6. The normalized spacial score (nSPS) is 12.8. The van der Waals surface area contributed by atoms with Gasteiger partial charge in [0.2, 0.25) is 0 Å². The van der Waals surface area contributed by atoms with Crippen molar-refractivity contribution in [2.75, 3.05) is 4.90 Å². The van der Waals surface area contributed by atoms with E-state index in [4.69, 9.17) is 15.0 Å². The van der Waals surface area contributed by atoms with Crippen molar-refractivity contribution >= 4 is 57.3 Å². The van der Waals surface area contributed by atoms with Gasteiger partial charge in [0, 0.05) is 44.5 Å².